The van der Waals surface area contributed by atoms with E-state index in [1.807, 2.05) is 39.0 Å². The Kier molecular flexibility index (Phi) is 5.91. The Labute approximate surface area is 171 Å². The second-order valence-electron chi connectivity index (χ2n) is 7.82. The first-order valence-electron chi connectivity index (χ1n) is 9.71. The first kappa shape index (κ1) is 20.8. The van der Waals surface area contributed by atoms with Crippen LogP contribution in [0.5, 0.6) is 0 Å². The van der Waals surface area contributed by atoms with E-state index in [2.05, 4.69) is 16.0 Å². The van der Waals surface area contributed by atoms with Gasteiger partial charge in [0.15, 0.2) is 0 Å². The highest BCUT2D eigenvalue weighted by Gasteiger charge is 2.62. The summed E-state index contributed by atoms with van der Waals surface area (Å²) in [5.41, 5.74) is 6.89. The fraction of sp³-hybridized carbons (Fsp3) is 0.364. The van der Waals surface area contributed by atoms with Gasteiger partial charge in [0.1, 0.15) is 5.54 Å². The molecular formula is C22H28N4O3. The highest BCUT2D eigenvalue weighted by molar-refractivity contribution is 6.01. The van der Waals surface area contributed by atoms with Crippen LogP contribution in [0.3, 0.4) is 0 Å². The standard InChI is InChI=1S/C22H28N4O3/c1-4-29-18-14-22(23,21(18,2)3)19(27)24-16-10-12-17(13-11-16)26-20(28)25-15-8-6-5-7-9-15/h5-13,18H,4,14,23H2,1-3H3,(H,24,27)(H2,25,26,28). The molecule has 3 amide bonds. The van der Waals surface area contributed by atoms with Gasteiger partial charge in [0.2, 0.25) is 5.91 Å². The van der Waals surface area contributed by atoms with E-state index in [-0.39, 0.29) is 18.0 Å². The predicted octanol–water partition coefficient (Wildman–Crippen LogP) is 3.80. The molecule has 0 bridgehead atoms. The minimum Gasteiger partial charge on any atom is -0.378 e. The first-order chi connectivity index (χ1) is 13.8. The zero-order valence-electron chi connectivity index (χ0n) is 17.0. The van der Waals surface area contributed by atoms with Gasteiger partial charge in [-0.15, -0.1) is 0 Å². The Bertz CT molecular complexity index is 867. The molecule has 7 nitrogen and oxygen atoms in total. The van der Waals surface area contributed by atoms with Gasteiger partial charge in [-0.3, -0.25) is 4.79 Å². The number of anilines is 3. The lowest BCUT2D eigenvalue weighted by atomic mass is 9.54. The van der Waals surface area contributed by atoms with Crippen LogP contribution in [0, 0.1) is 5.41 Å². The van der Waals surface area contributed by atoms with Gasteiger partial charge in [-0.1, -0.05) is 32.0 Å². The maximum atomic E-state index is 12.8. The topological polar surface area (TPSA) is 105 Å². The number of carbonyl (C=O) groups excluding carboxylic acids is 2. The highest BCUT2D eigenvalue weighted by Crippen LogP contribution is 2.50. The fourth-order valence-corrected chi connectivity index (χ4v) is 3.52. The average Bonchev–Trinajstić information content (AvgIpc) is 2.69. The summed E-state index contributed by atoms with van der Waals surface area (Å²) in [4.78, 5) is 24.8. The molecule has 0 radical (unpaired) electrons. The Hall–Kier alpha value is -2.90. The third-order valence-electron chi connectivity index (χ3n) is 5.67. The van der Waals surface area contributed by atoms with E-state index >= 15 is 0 Å². The van der Waals surface area contributed by atoms with Crippen molar-refractivity contribution >= 4 is 29.0 Å². The number of carbonyl (C=O) groups is 2. The number of rotatable bonds is 6. The summed E-state index contributed by atoms with van der Waals surface area (Å²) in [6.45, 7) is 6.43. The Balaban J connectivity index is 1.56. The summed E-state index contributed by atoms with van der Waals surface area (Å²) >= 11 is 0. The average molecular weight is 396 g/mol. The third-order valence-corrected chi connectivity index (χ3v) is 5.67. The SMILES string of the molecule is CCOC1CC(N)(C(=O)Nc2ccc(NC(=O)Nc3ccccc3)cc2)C1(C)C. The molecule has 154 valence electrons. The van der Waals surface area contributed by atoms with E-state index in [1.165, 1.54) is 0 Å². The number of hydrogen-bond donors (Lipinski definition) is 4. The van der Waals surface area contributed by atoms with Crippen molar-refractivity contribution in [2.45, 2.75) is 38.8 Å². The predicted molar refractivity (Wildman–Crippen MR) is 115 cm³/mol. The molecule has 0 spiro atoms. The van der Waals surface area contributed by atoms with Crippen molar-refractivity contribution in [1.29, 1.82) is 0 Å². The summed E-state index contributed by atoms with van der Waals surface area (Å²) in [6, 6.07) is 15.7. The third kappa shape index (κ3) is 4.26. The maximum absolute atomic E-state index is 12.8. The molecule has 2 unspecified atom stereocenters. The normalized spacial score (nSPS) is 22.3. The summed E-state index contributed by atoms with van der Waals surface area (Å²) in [5.74, 6) is -0.235. The molecule has 0 heterocycles. The number of urea groups is 1. The van der Waals surface area contributed by atoms with Gasteiger partial charge in [-0.05, 0) is 43.3 Å². The number of nitrogens with two attached hydrogens (primary N) is 1. The van der Waals surface area contributed by atoms with Crippen LogP contribution in [0.1, 0.15) is 27.2 Å². The summed E-state index contributed by atoms with van der Waals surface area (Å²) in [6.07, 6.45) is 0.455. The molecule has 0 saturated heterocycles. The molecule has 0 aliphatic heterocycles. The van der Waals surface area contributed by atoms with Gasteiger partial charge in [-0.2, -0.15) is 0 Å². The molecule has 2 aromatic rings. The summed E-state index contributed by atoms with van der Waals surface area (Å²) in [7, 11) is 0. The number of para-hydroxylation sites is 1. The highest BCUT2D eigenvalue weighted by atomic mass is 16.5. The lowest BCUT2D eigenvalue weighted by Crippen LogP contribution is -2.74. The molecule has 7 heteroatoms. The van der Waals surface area contributed by atoms with E-state index in [0.717, 1.165) is 0 Å². The Morgan fingerprint density at radius 2 is 1.48 bits per heavy atom. The second-order valence-corrected chi connectivity index (χ2v) is 7.82. The molecule has 1 aliphatic rings. The molecule has 1 saturated carbocycles. The molecule has 1 fully saturated rings. The van der Waals surface area contributed by atoms with Crippen molar-refractivity contribution in [3.8, 4) is 0 Å². The van der Waals surface area contributed by atoms with Gasteiger partial charge < -0.3 is 26.4 Å². The van der Waals surface area contributed by atoms with Crippen LogP contribution in [0.4, 0.5) is 21.9 Å². The fourth-order valence-electron chi connectivity index (χ4n) is 3.52. The molecule has 1 aliphatic carbocycles. The molecule has 2 atom stereocenters. The number of hydrogen-bond acceptors (Lipinski definition) is 4. The maximum Gasteiger partial charge on any atom is 0.323 e. The van der Waals surface area contributed by atoms with Crippen LogP contribution >= 0.6 is 0 Å². The molecule has 2 aromatic carbocycles. The lowest BCUT2D eigenvalue weighted by molar-refractivity contribution is -0.166. The van der Waals surface area contributed by atoms with Crippen LogP contribution in [-0.4, -0.2) is 30.2 Å². The quantitative estimate of drug-likeness (QED) is 0.596. The van der Waals surface area contributed by atoms with E-state index in [0.29, 0.717) is 30.1 Å². The van der Waals surface area contributed by atoms with Crippen molar-refractivity contribution in [3.63, 3.8) is 0 Å². The zero-order valence-corrected chi connectivity index (χ0v) is 17.0. The minimum atomic E-state index is -0.987. The number of amides is 3. The molecule has 29 heavy (non-hydrogen) atoms. The summed E-state index contributed by atoms with van der Waals surface area (Å²) < 4.78 is 5.68. The van der Waals surface area contributed by atoms with Crippen LogP contribution < -0.4 is 21.7 Å². The number of nitrogens with one attached hydrogen (secondary N) is 3. The first-order valence-corrected chi connectivity index (χ1v) is 9.71. The molecule has 3 rings (SSSR count). The van der Waals surface area contributed by atoms with Crippen molar-refractivity contribution < 1.29 is 14.3 Å². The number of benzene rings is 2. The van der Waals surface area contributed by atoms with Gasteiger partial charge >= 0.3 is 6.03 Å². The zero-order chi connectivity index (χ0) is 21.1. The number of ether oxygens (including phenoxy) is 1. The van der Waals surface area contributed by atoms with E-state index in [1.54, 1.807) is 36.4 Å². The van der Waals surface area contributed by atoms with E-state index in [9.17, 15) is 9.59 Å². The van der Waals surface area contributed by atoms with Crippen molar-refractivity contribution in [2.75, 3.05) is 22.6 Å². The lowest BCUT2D eigenvalue weighted by Gasteiger charge is -2.57. The van der Waals surface area contributed by atoms with Crippen LogP contribution in [0.2, 0.25) is 0 Å². The van der Waals surface area contributed by atoms with Gasteiger partial charge in [0.25, 0.3) is 0 Å². The smallest absolute Gasteiger partial charge is 0.323 e. The van der Waals surface area contributed by atoms with Crippen LogP contribution in [0.25, 0.3) is 0 Å². The largest absolute Gasteiger partial charge is 0.378 e. The molecular weight excluding hydrogens is 368 g/mol. The Morgan fingerprint density at radius 1 is 0.966 bits per heavy atom. The van der Waals surface area contributed by atoms with E-state index < -0.39 is 11.0 Å². The van der Waals surface area contributed by atoms with E-state index in [4.69, 9.17) is 10.5 Å². The van der Waals surface area contributed by atoms with Crippen molar-refractivity contribution in [2.24, 2.45) is 11.1 Å². The molecule has 0 aromatic heterocycles. The summed E-state index contributed by atoms with van der Waals surface area (Å²) in [5, 5.41) is 8.38. The van der Waals surface area contributed by atoms with Gasteiger partial charge in [0, 0.05) is 35.5 Å². The molecule has 5 N–H and O–H groups in total. The van der Waals surface area contributed by atoms with Crippen LogP contribution in [-0.2, 0) is 9.53 Å². The van der Waals surface area contributed by atoms with Gasteiger partial charge in [-0.25, -0.2) is 4.79 Å². The minimum absolute atomic E-state index is 0.0297. The van der Waals surface area contributed by atoms with Crippen LogP contribution in [0.15, 0.2) is 54.6 Å². The monoisotopic (exact) mass is 396 g/mol. The second kappa shape index (κ2) is 8.23. The van der Waals surface area contributed by atoms with Crippen molar-refractivity contribution in [1.82, 2.24) is 0 Å². The van der Waals surface area contributed by atoms with Crippen molar-refractivity contribution in [3.05, 3.63) is 54.6 Å². The van der Waals surface area contributed by atoms with Gasteiger partial charge in [0.05, 0.1) is 6.10 Å². The Morgan fingerprint density at radius 3 is 2.00 bits per heavy atom.